The predicted octanol–water partition coefficient (Wildman–Crippen LogP) is 0.977. The molecule has 1 atom stereocenters. The lowest BCUT2D eigenvalue weighted by Gasteiger charge is -2.34. The molecule has 1 fully saturated rings. The van der Waals surface area contributed by atoms with Crippen molar-refractivity contribution < 1.29 is 9.59 Å². The van der Waals surface area contributed by atoms with Crippen LogP contribution in [-0.2, 0) is 9.59 Å². The van der Waals surface area contributed by atoms with Gasteiger partial charge in [0.2, 0.25) is 11.8 Å². The Morgan fingerprint density at radius 1 is 1.33 bits per heavy atom. The Kier molecular flexibility index (Phi) is 3.01. The molecular weight excluding hydrogens is 268 g/mol. The minimum Gasteiger partial charge on any atom is -0.398 e. The third-order valence-corrected chi connectivity index (χ3v) is 3.78. The van der Waals surface area contributed by atoms with Crippen molar-refractivity contribution in [3.8, 4) is 0 Å². The number of anilines is 2. The van der Waals surface area contributed by atoms with Crippen LogP contribution in [0.3, 0.4) is 0 Å². The molecule has 0 radical (unpaired) electrons. The van der Waals surface area contributed by atoms with Crippen molar-refractivity contribution in [2.75, 3.05) is 17.2 Å². The maximum absolute atomic E-state index is 11.8. The van der Waals surface area contributed by atoms with Crippen LogP contribution in [0.25, 0.3) is 10.8 Å². The van der Waals surface area contributed by atoms with Gasteiger partial charge in [0.15, 0.2) is 0 Å². The molecule has 2 amide bonds. The van der Waals surface area contributed by atoms with Crippen molar-refractivity contribution >= 4 is 34.0 Å². The zero-order valence-electron chi connectivity index (χ0n) is 11.9. The smallest absolute Gasteiger partial charge is 0.249 e. The SMILES string of the molecule is Cc1cc2c(N3CC(=O)NC(=O)C3C)ccc(N)c2cn1. The van der Waals surface area contributed by atoms with Crippen molar-refractivity contribution in [3.05, 3.63) is 30.1 Å². The lowest BCUT2D eigenvalue weighted by molar-refractivity contribution is -0.132. The van der Waals surface area contributed by atoms with Gasteiger partial charge in [-0.2, -0.15) is 0 Å². The molecule has 0 spiro atoms. The fraction of sp³-hybridized carbons (Fsp3) is 0.267. The maximum atomic E-state index is 11.8. The number of hydrogen-bond acceptors (Lipinski definition) is 5. The van der Waals surface area contributed by atoms with E-state index in [2.05, 4.69) is 10.3 Å². The summed E-state index contributed by atoms with van der Waals surface area (Å²) in [5.74, 6) is -0.587. The fourth-order valence-electron chi connectivity index (χ4n) is 2.61. The number of aryl methyl sites for hydroxylation is 1. The Bertz CT molecular complexity index is 757. The molecule has 0 saturated carbocycles. The average Bonchev–Trinajstić information content (AvgIpc) is 2.43. The lowest BCUT2D eigenvalue weighted by atomic mass is 10.0. The van der Waals surface area contributed by atoms with Gasteiger partial charge in [-0.25, -0.2) is 0 Å². The first-order valence-electron chi connectivity index (χ1n) is 6.72. The fourth-order valence-corrected chi connectivity index (χ4v) is 2.61. The Morgan fingerprint density at radius 3 is 2.86 bits per heavy atom. The van der Waals surface area contributed by atoms with Crippen molar-refractivity contribution in [2.45, 2.75) is 19.9 Å². The van der Waals surface area contributed by atoms with Gasteiger partial charge in [-0.3, -0.25) is 19.9 Å². The number of carbonyl (C=O) groups excluding carboxylic acids is 2. The van der Waals surface area contributed by atoms with Crippen molar-refractivity contribution in [1.82, 2.24) is 10.3 Å². The molecule has 2 aromatic rings. The number of benzene rings is 1. The summed E-state index contributed by atoms with van der Waals surface area (Å²) in [5.41, 5.74) is 8.29. The number of aromatic nitrogens is 1. The summed E-state index contributed by atoms with van der Waals surface area (Å²) in [7, 11) is 0. The van der Waals surface area contributed by atoms with Crippen molar-refractivity contribution in [2.24, 2.45) is 0 Å². The molecule has 2 heterocycles. The predicted molar refractivity (Wildman–Crippen MR) is 80.9 cm³/mol. The number of piperazine rings is 1. The highest BCUT2D eigenvalue weighted by molar-refractivity contribution is 6.08. The van der Waals surface area contributed by atoms with Gasteiger partial charge in [-0.15, -0.1) is 0 Å². The standard InChI is InChI=1S/C15H16N4O2/c1-8-5-10-11(6-17-8)12(16)3-4-13(10)19-7-14(20)18-15(21)9(19)2/h3-6,9H,7,16H2,1-2H3,(H,18,20,21). The number of pyridine rings is 1. The number of rotatable bonds is 1. The molecule has 108 valence electrons. The molecule has 21 heavy (non-hydrogen) atoms. The molecule has 0 aliphatic carbocycles. The van der Waals surface area contributed by atoms with E-state index in [-0.39, 0.29) is 18.4 Å². The van der Waals surface area contributed by atoms with Gasteiger partial charge in [0.25, 0.3) is 0 Å². The monoisotopic (exact) mass is 284 g/mol. The van der Waals surface area contributed by atoms with Crippen molar-refractivity contribution in [3.63, 3.8) is 0 Å². The second-order valence-electron chi connectivity index (χ2n) is 5.26. The summed E-state index contributed by atoms with van der Waals surface area (Å²) >= 11 is 0. The van der Waals surface area contributed by atoms with Gasteiger partial charge < -0.3 is 10.6 Å². The Hall–Kier alpha value is -2.63. The molecule has 1 unspecified atom stereocenters. The van der Waals surface area contributed by atoms with E-state index in [1.807, 2.05) is 19.1 Å². The zero-order valence-corrected chi connectivity index (χ0v) is 11.9. The van der Waals surface area contributed by atoms with E-state index in [1.165, 1.54) is 0 Å². The van der Waals surface area contributed by atoms with E-state index in [9.17, 15) is 9.59 Å². The molecule has 1 aromatic carbocycles. The van der Waals surface area contributed by atoms with Gasteiger partial charge in [-0.05, 0) is 32.0 Å². The van der Waals surface area contributed by atoms with Crippen molar-refractivity contribution in [1.29, 1.82) is 0 Å². The van der Waals surface area contributed by atoms with Gasteiger partial charge in [0.1, 0.15) is 6.04 Å². The highest BCUT2D eigenvalue weighted by atomic mass is 16.2. The van der Waals surface area contributed by atoms with Crippen LogP contribution in [0.2, 0.25) is 0 Å². The van der Waals surface area contributed by atoms with Gasteiger partial charge in [0, 0.05) is 34.0 Å². The molecule has 3 rings (SSSR count). The normalized spacial score (nSPS) is 19.0. The number of imide groups is 1. The number of hydrogen-bond donors (Lipinski definition) is 2. The summed E-state index contributed by atoms with van der Waals surface area (Å²) < 4.78 is 0. The summed E-state index contributed by atoms with van der Waals surface area (Å²) in [6.07, 6.45) is 1.72. The number of fused-ring (bicyclic) bond motifs is 1. The molecule has 1 saturated heterocycles. The van der Waals surface area contributed by atoms with E-state index < -0.39 is 6.04 Å². The number of nitrogen functional groups attached to an aromatic ring is 1. The quantitative estimate of drug-likeness (QED) is 0.602. The molecule has 6 nitrogen and oxygen atoms in total. The minimum atomic E-state index is -0.414. The topological polar surface area (TPSA) is 88.3 Å². The molecule has 1 aromatic heterocycles. The second kappa shape index (κ2) is 4.73. The first-order valence-corrected chi connectivity index (χ1v) is 6.72. The number of carbonyl (C=O) groups is 2. The van der Waals surface area contributed by atoms with Crippen LogP contribution < -0.4 is 16.0 Å². The second-order valence-corrected chi connectivity index (χ2v) is 5.26. The van der Waals surface area contributed by atoms with Gasteiger partial charge in [-0.1, -0.05) is 0 Å². The molecule has 1 aliphatic rings. The minimum absolute atomic E-state index is 0.146. The summed E-state index contributed by atoms with van der Waals surface area (Å²) in [4.78, 5) is 29.6. The number of nitrogens with zero attached hydrogens (tertiary/aromatic N) is 2. The Labute approximate surface area is 121 Å². The summed E-state index contributed by atoms with van der Waals surface area (Å²) in [5, 5.41) is 4.07. The number of amides is 2. The van der Waals surface area contributed by atoms with E-state index in [1.54, 1.807) is 24.1 Å². The van der Waals surface area contributed by atoms with Crippen LogP contribution in [0, 0.1) is 6.92 Å². The Morgan fingerprint density at radius 2 is 2.10 bits per heavy atom. The van der Waals surface area contributed by atoms with Crippen LogP contribution >= 0.6 is 0 Å². The van der Waals surface area contributed by atoms with Crippen LogP contribution in [0.5, 0.6) is 0 Å². The van der Waals surface area contributed by atoms with E-state index >= 15 is 0 Å². The Balaban J connectivity index is 2.20. The van der Waals surface area contributed by atoms with Crippen LogP contribution in [-0.4, -0.2) is 29.4 Å². The first-order chi connectivity index (χ1) is 9.97. The maximum Gasteiger partial charge on any atom is 0.249 e. The summed E-state index contributed by atoms with van der Waals surface area (Å²) in [6, 6.07) is 5.13. The van der Waals surface area contributed by atoms with E-state index in [0.29, 0.717) is 5.69 Å². The number of nitrogens with two attached hydrogens (primary N) is 1. The molecule has 0 bridgehead atoms. The third-order valence-electron chi connectivity index (χ3n) is 3.78. The van der Waals surface area contributed by atoms with Crippen LogP contribution in [0.4, 0.5) is 11.4 Å². The largest absolute Gasteiger partial charge is 0.398 e. The highest BCUT2D eigenvalue weighted by Crippen LogP contribution is 2.32. The number of nitrogens with one attached hydrogen (secondary N) is 1. The zero-order chi connectivity index (χ0) is 15.1. The molecular formula is C15H16N4O2. The lowest BCUT2D eigenvalue weighted by Crippen LogP contribution is -2.57. The highest BCUT2D eigenvalue weighted by Gasteiger charge is 2.31. The first kappa shape index (κ1) is 13.4. The van der Waals surface area contributed by atoms with Gasteiger partial charge >= 0.3 is 0 Å². The average molecular weight is 284 g/mol. The van der Waals surface area contributed by atoms with E-state index in [4.69, 9.17) is 5.73 Å². The molecule has 3 N–H and O–H groups in total. The van der Waals surface area contributed by atoms with E-state index in [0.717, 1.165) is 22.2 Å². The molecule has 1 aliphatic heterocycles. The van der Waals surface area contributed by atoms with Gasteiger partial charge in [0.05, 0.1) is 6.54 Å². The van der Waals surface area contributed by atoms with Crippen LogP contribution in [0.15, 0.2) is 24.4 Å². The third kappa shape index (κ3) is 2.18. The van der Waals surface area contributed by atoms with Crippen LogP contribution in [0.1, 0.15) is 12.6 Å². The molecule has 6 heteroatoms. The summed E-state index contributed by atoms with van der Waals surface area (Å²) in [6.45, 7) is 3.81.